The van der Waals surface area contributed by atoms with E-state index in [2.05, 4.69) is 10.3 Å². The van der Waals surface area contributed by atoms with Crippen LogP contribution in [0.15, 0.2) is 22.8 Å². The molecule has 0 radical (unpaired) electrons. The molecule has 3 rings (SSSR count). The third-order valence-electron chi connectivity index (χ3n) is 3.31. The summed E-state index contributed by atoms with van der Waals surface area (Å²) in [4.78, 5) is 17.3. The van der Waals surface area contributed by atoms with E-state index in [1.165, 1.54) is 11.3 Å². The molecule has 1 saturated heterocycles. The topological polar surface area (TPSA) is 89.3 Å². The first-order valence-electron chi connectivity index (χ1n) is 6.47. The molecule has 21 heavy (non-hydrogen) atoms. The molecule has 0 unspecified atom stereocenters. The summed E-state index contributed by atoms with van der Waals surface area (Å²) in [6.07, 6.45) is 2.01. The van der Waals surface area contributed by atoms with Gasteiger partial charge in [-0.2, -0.15) is 0 Å². The number of sulfone groups is 1. The highest BCUT2D eigenvalue weighted by molar-refractivity contribution is 7.91. The molecular formula is C13H14N2O4S2. The first-order valence-corrected chi connectivity index (χ1v) is 9.11. The van der Waals surface area contributed by atoms with E-state index in [4.69, 9.17) is 4.42 Å². The Morgan fingerprint density at radius 1 is 1.52 bits per heavy atom. The largest absolute Gasteiger partial charge is 0.462 e. The molecule has 8 heteroatoms. The molecule has 1 aliphatic rings. The van der Waals surface area contributed by atoms with Gasteiger partial charge in [0.1, 0.15) is 5.69 Å². The fourth-order valence-electron chi connectivity index (χ4n) is 2.28. The molecule has 0 bridgehead atoms. The summed E-state index contributed by atoms with van der Waals surface area (Å²) < 4.78 is 28.1. The molecule has 0 aliphatic carbocycles. The van der Waals surface area contributed by atoms with Crippen LogP contribution in [0.25, 0.3) is 10.8 Å². The van der Waals surface area contributed by atoms with E-state index in [1.807, 2.05) is 6.92 Å². The van der Waals surface area contributed by atoms with Gasteiger partial charge in [-0.1, -0.05) is 0 Å². The number of amides is 1. The van der Waals surface area contributed by atoms with Crippen LogP contribution in [0.5, 0.6) is 0 Å². The van der Waals surface area contributed by atoms with Gasteiger partial charge in [0.05, 0.1) is 17.8 Å². The Bertz CT molecular complexity index is 762. The summed E-state index contributed by atoms with van der Waals surface area (Å²) in [5.41, 5.74) is 0.329. The highest BCUT2D eigenvalue weighted by Gasteiger charge is 2.30. The Morgan fingerprint density at radius 3 is 2.95 bits per heavy atom. The van der Waals surface area contributed by atoms with Crippen molar-refractivity contribution in [1.29, 1.82) is 0 Å². The monoisotopic (exact) mass is 326 g/mol. The maximum absolute atomic E-state index is 12.2. The molecular weight excluding hydrogens is 312 g/mol. The van der Waals surface area contributed by atoms with E-state index in [1.54, 1.807) is 18.4 Å². The van der Waals surface area contributed by atoms with Crippen molar-refractivity contribution in [3.63, 3.8) is 0 Å². The highest BCUT2D eigenvalue weighted by Crippen LogP contribution is 2.28. The van der Waals surface area contributed by atoms with Crippen LogP contribution >= 0.6 is 11.3 Å². The number of carbonyl (C=O) groups is 1. The minimum Gasteiger partial charge on any atom is -0.462 e. The summed E-state index contributed by atoms with van der Waals surface area (Å²) >= 11 is 1.37. The number of hydrogen-bond donors (Lipinski definition) is 1. The molecule has 112 valence electrons. The molecule has 1 aliphatic heterocycles. The zero-order valence-electron chi connectivity index (χ0n) is 11.3. The lowest BCUT2D eigenvalue weighted by Crippen LogP contribution is -2.36. The molecule has 2 aromatic rings. The van der Waals surface area contributed by atoms with Gasteiger partial charge in [-0.25, -0.2) is 13.4 Å². The van der Waals surface area contributed by atoms with Crippen LogP contribution in [0, 0.1) is 6.92 Å². The lowest BCUT2D eigenvalue weighted by atomic mass is 10.2. The van der Waals surface area contributed by atoms with Gasteiger partial charge in [-0.05, 0) is 25.5 Å². The number of aryl methyl sites for hydroxylation is 1. The number of furan rings is 1. The minimum atomic E-state index is -3.01. The van der Waals surface area contributed by atoms with E-state index < -0.39 is 9.84 Å². The van der Waals surface area contributed by atoms with Gasteiger partial charge in [0.25, 0.3) is 5.91 Å². The zero-order valence-corrected chi connectivity index (χ0v) is 13.0. The standard InChI is InChI=1S/C13H14N2O4S2/c1-8-11(15-13(20-8)10-3-2-5-19-10)12(16)14-9-4-6-21(17,18)7-9/h2-3,5,9H,4,6-7H2,1H3,(H,14,16)/t9-/m0/s1. The molecule has 0 aromatic carbocycles. The maximum atomic E-state index is 12.2. The normalized spacial score (nSPS) is 20.5. The van der Waals surface area contributed by atoms with Gasteiger partial charge in [0.15, 0.2) is 20.6 Å². The van der Waals surface area contributed by atoms with Crippen LogP contribution in [0.2, 0.25) is 0 Å². The van der Waals surface area contributed by atoms with E-state index >= 15 is 0 Å². The van der Waals surface area contributed by atoms with Crippen LogP contribution in [0.4, 0.5) is 0 Å². The van der Waals surface area contributed by atoms with Gasteiger partial charge >= 0.3 is 0 Å². The maximum Gasteiger partial charge on any atom is 0.271 e. The highest BCUT2D eigenvalue weighted by atomic mass is 32.2. The van der Waals surface area contributed by atoms with E-state index in [0.29, 0.717) is 22.9 Å². The zero-order chi connectivity index (χ0) is 15.0. The smallest absolute Gasteiger partial charge is 0.271 e. The molecule has 1 amide bonds. The summed E-state index contributed by atoms with van der Waals surface area (Å²) in [5, 5.41) is 3.39. The summed E-state index contributed by atoms with van der Waals surface area (Å²) in [5.74, 6) is 0.424. The summed E-state index contributed by atoms with van der Waals surface area (Å²) in [6, 6.07) is 3.22. The Kier molecular flexibility index (Phi) is 3.58. The van der Waals surface area contributed by atoms with Crippen LogP contribution in [-0.2, 0) is 9.84 Å². The van der Waals surface area contributed by atoms with E-state index in [9.17, 15) is 13.2 Å². The molecule has 1 atom stereocenters. The van der Waals surface area contributed by atoms with Crippen molar-refractivity contribution in [3.8, 4) is 10.8 Å². The molecule has 3 heterocycles. The average molecular weight is 326 g/mol. The summed E-state index contributed by atoms with van der Waals surface area (Å²) in [6.45, 7) is 1.81. The van der Waals surface area contributed by atoms with E-state index in [0.717, 1.165) is 4.88 Å². The van der Waals surface area contributed by atoms with Gasteiger partial charge in [0.2, 0.25) is 0 Å². The number of nitrogens with one attached hydrogen (secondary N) is 1. The number of thiazole rings is 1. The lowest BCUT2D eigenvalue weighted by molar-refractivity contribution is 0.0936. The quantitative estimate of drug-likeness (QED) is 0.926. The van der Waals surface area contributed by atoms with Gasteiger partial charge < -0.3 is 9.73 Å². The molecule has 1 fully saturated rings. The Hall–Kier alpha value is -1.67. The molecule has 0 spiro atoms. The second-order valence-corrected chi connectivity index (χ2v) is 8.41. The number of carbonyl (C=O) groups excluding carboxylic acids is 1. The van der Waals surface area contributed by atoms with Crippen LogP contribution in [0.3, 0.4) is 0 Å². The first-order chi connectivity index (χ1) is 9.94. The van der Waals surface area contributed by atoms with Crippen molar-refractivity contribution in [3.05, 3.63) is 29.0 Å². The lowest BCUT2D eigenvalue weighted by Gasteiger charge is -2.09. The minimum absolute atomic E-state index is 0.00691. The molecule has 6 nitrogen and oxygen atoms in total. The average Bonchev–Trinajstić information content (AvgIpc) is 3.09. The van der Waals surface area contributed by atoms with Crippen LogP contribution < -0.4 is 5.32 Å². The van der Waals surface area contributed by atoms with Crippen molar-refractivity contribution >= 4 is 27.1 Å². The fraction of sp³-hybridized carbons (Fsp3) is 0.385. The number of nitrogens with zero attached hydrogens (tertiary/aromatic N) is 1. The van der Waals surface area contributed by atoms with Crippen molar-refractivity contribution in [2.45, 2.75) is 19.4 Å². The molecule has 0 saturated carbocycles. The third-order valence-corrected chi connectivity index (χ3v) is 6.06. The number of rotatable bonds is 3. The van der Waals surface area contributed by atoms with Gasteiger partial charge in [0, 0.05) is 10.9 Å². The summed E-state index contributed by atoms with van der Waals surface area (Å²) in [7, 11) is -3.01. The Labute approximate surface area is 126 Å². The predicted molar refractivity (Wildman–Crippen MR) is 79.1 cm³/mol. The second kappa shape index (κ2) is 5.27. The van der Waals surface area contributed by atoms with Gasteiger partial charge in [-0.3, -0.25) is 4.79 Å². The number of aromatic nitrogens is 1. The SMILES string of the molecule is Cc1sc(-c2ccco2)nc1C(=O)N[C@H]1CCS(=O)(=O)C1. The Morgan fingerprint density at radius 2 is 2.33 bits per heavy atom. The Balaban J connectivity index is 1.76. The first kappa shape index (κ1) is 14.3. The molecule has 1 N–H and O–H groups in total. The van der Waals surface area contributed by atoms with Crippen LogP contribution in [-0.4, -0.2) is 36.9 Å². The van der Waals surface area contributed by atoms with E-state index in [-0.39, 0.29) is 23.5 Å². The van der Waals surface area contributed by atoms with Crippen molar-refractivity contribution < 1.29 is 17.6 Å². The fourth-order valence-corrected chi connectivity index (χ4v) is 4.83. The van der Waals surface area contributed by atoms with Gasteiger partial charge in [-0.15, -0.1) is 11.3 Å². The van der Waals surface area contributed by atoms with Crippen LogP contribution in [0.1, 0.15) is 21.8 Å². The third kappa shape index (κ3) is 3.01. The molecule has 2 aromatic heterocycles. The second-order valence-electron chi connectivity index (χ2n) is 4.97. The van der Waals surface area contributed by atoms with Crippen molar-refractivity contribution in [2.75, 3.05) is 11.5 Å². The number of hydrogen-bond acceptors (Lipinski definition) is 6. The van der Waals surface area contributed by atoms with Crippen molar-refractivity contribution in [1.82, 2.24) is 10.3 Å². The predicted octanol–water partition coefficient (Wildman–Crippen LogP) is 1.63. The van der Waals surface area contributed by atoms with Crippen molar-refractivity contribution in [2.24, 2.45) is 0 Å².